The van der Waals surface area contributed by atoms with Gasteiger partial charge in [-0.1, -0.05) is 0 Å². The number of anilines is 4. The normalized spacial score (nSPS) is 11.1. The van der Waals surface area contributed by atoms with Gasteiger partial charge in [-0.15, -0.1) is 0 Å². The standard InChI is InChI=1S/C47H68N18O9/c1-47(2,3)74-46(73)54-17-10-15-48-14-9-16-50-36(66)12-19-53-43(70)40-59-34(28-64(40)7)57-37(67)11-18-49-25-32-23-30(26-62(32)5)55-45(72)41-60-35(29-65(41)8)58-38(68)13-20-52-42(69)33-24-31(27-63(33)6)56-44(71)39-51-21-22-61(39)4/h21-24,26-29,48-49H,9-20,25H2,1-8H3,(H,50,66)(H,52,69)(H,53,70)(H,54,73)(H,55,72)(H,56,71)(H,57,67)(H,58,68). The molecule has 0 bridgehead atoms. The van der Waals surface area contributed by atoms with Crippen LogP contribution >= 0.6 is 0 Å². The molecule has 5 rings (SSSR count). The first kappa shape index (κ1) is 56.6. The van der Waals surface area contributed by atoms with Crippen molar-refractivity contribution < 1.29 is 43.1 Å². The molecule has 0 aliphatic heterocycles. The molecule has 0 spiro atoms. The molecule has 5 aromatic rings. The molecule has 5 heterocycles. The summed E-state index contributed by atoms with van der Waals surface area (Å²) in [4.78, 5) is 113. The number of hydrogen-bond acceptors (Lipinski definition) is 14. The van der Waals surface area contributed by atoms with Crippen LogP contribution in [0.2, 0.25) is 0 Å². The van der Waals surface area contributed by atoms with Crippen molar-refractivity contribution in [1.29, 1.82) is 0 Å². The van der Waals surface area contributed by atoms with Crippen molar-refractivity contribution in [2.75, 3.05) is 67.1 Å². The highest BCUT2D eigenvalue weighted by Gasteiger charge is 2.20. The largest absolute Gasteiger partial charge is 0.444 e. The molecule has 0 aliphatic carbocycles. The second-order valence-electron chi connectivity index (χ2n) is 18.2. The van der Waals surface area contributed by atoms with E-state index in [1.165, 1.54) is 33.8 Å². The Morgan fingerprint density at radius 3 is 1.66 bits per heavy atom. The summed E-state index contributed by atoms with van der Waals surface area (Å²) in [7, 11) is 8.39. The number of rotatable bonds is 27. The van der Waals surface area contributed by atoms with Gasteiger partial charge >= 0.3 is 6.09 Å². The fourth-order valence-corrected chi connectivity index (χ4v) is 7.10. The van der Waals surface area contributed by atoms with Crippen LogP contribution in [-0.2, 0) is 60.9 Å². The fourth-order valence-electron chi connectivity index (χ4n) is 7.10. The molecular formula is C47H68N18O9. The third-order valence-corrected chi connectivity index (χ3v) is 10.7. The number of alkyl carbamates (subject to hydrolysis) is 1. The Balaban J connectivity index is 0.931. The van der Waals surface area contributed by atoms with E-state index in [-0.39, 0.29) is 79.0 Å². The summed E-state index contributed by atoms with van der Waals surface area (Å²) in [6.45, 7) is 8.55. The van der Waals surface area contributed by atoms with Gasteiger partial charge in [0.25, 0.3) is 23.6 Å². The minimum absolute atomic E-state index is 0.00694. The number of hydrogen-bond donors (Lipinski definition) is 10. The lowest BCUT2D eigenvalue weighted by molar-refractivity contribution is -0.121. The molecule has 5 aromatic heterocycles. The Bertz CT molecular complexity index is 2770. The fraction of sp³-hybridized carbons (Fsp3) is 0.468. The van der Waals surface area contributed by atoms with Crippen LogP contribution in [0.3, 0.4) is 0 Å². The highest BCUT2D eigenvalue weighted by atomic mass is 16.6. The summed E-state index contributed by atoms with van der Waals surface area (Å²) in [6.07, 6.45) is 10.6. The van der Waals surface area contributed by atoms with Gasteiger partial charge in [-0.2, -0.15) is 0 Å². The van der Waals surface area contributed by atoms with Crippen molar-refractivity contribution in [3.05, 3.63) is 78.2 Å². The maximum absolute atomic E-state index is 13.2. The average molecular weight is 1030 g/mol. The van der Waals surface area contributed by atoms with Crippen molar-refractivity contribution in [1.82, 2.24) is 69.7 Å². The van der Waals surface area contributed by atoms with Gasteiger partial charge in [0.15, 0.2) is 17.5 Å². The lowest BCUT2D eigenvalue weighted by atomic mass is 10.2. The maximum atomic E-state index is 13.2. The van der Waals surface area contributed by atoms with Crippen LogP contribution in [0.4, 0.5) is 27.8 Å². The summed E-state index contributed by atoms with van der Waals surface area (Å²) in [5.41, 5.74) is 1.43. The number of ether oxygens (including phenoxy) is 1. The van der Waals surface area contributed by atoms with Gasteiger partial charge in [-0.05, 0) is 58.8 Å². The van der Waals surface area contributed by atoms with Gasteiger partial charge in [0, 0.05) is 137 Å². The van der Waals surface area contributed by atoms with Crippen molar-refractivity contribution in [3.63, 3.8) is 0 Å². The van der Waals surface area contributed by atoms with Crippen molar-refractivity contribution in [3.8, 4) is 0 Å². The Hall–Kier alpha value is -8.33. The van der Waals surface area contributed by atoms with Gasteiger partial charge in [-0.3, -0.25) is 33.6 Å². The maximum Gasteiger partial charge on any atom is 0.407 e. The van der Waals surface area contributed by atoms with E-state index in [4.69, 9.17) is 4.74 Å². The zero-order valence-corrected chi connectivity index (χ0v) is 43.1. The molecular weight excluding hydrogens is 961 g/mol. The Labute approximate surface area is 427 Å². The minimum atomic E-state index is -0.541. The molecule has 0 radical (unpaired) electrons. The highest BCUT2D eigenvalue weighted by molar-refractivity contribution is 6.04. The molecule has 0 atom stereocenters. The van der Waals surface area contributed by atoms with E-state index in [1.54, 1.807) is 82.8 Å². The number of nitrogens with one attached hydrogen (secondary N) is 10. The van der Waals surface area contributed by atoms with Crippen molar-refractivity contribution in [2.45, 2.75) is 65.0 Å². The van der Waals surface area contributed by atoms with Crippen LogP contribution in [0.25, 0.3) is 0 Å². The van der Waals surface area contributed by atoms with E-state index < -0.39 is 41.2 Å². The molecule has 0 saturated carbocycles. The van der Waals surface area contributed by atoms with Crippen molar-refractivity contribution in [2.24, 2.45) is 35.2 Å². The molecule has 10 N–H and O–H groups in total. The quantitative estimate of drug-likeness (QED) is 0.0329. The van der Waals surface area contributed by atoms with E-state index in [1.807, 2.05) is 11.6 Å². The number of amides is 8. The smallest absolute Gasteiger partial charge is 0.407 e. The molecule has 0 aromatic carbocycles. The average Bonchev–Trinajstić information content (AvgIpc) is 4.16. The van der Waals surface area contributed by atoms with E-state index in [2.05, 4.69) is 68.1 Å². The van der Waals surface area contributed by atoms with Gasteiger partial charge in [-0.25, -0.2) is 19.7 Å². The number of imidazole rings is 3. The number of aryl methyl sites for hydroxylation is 5. The molecule has 0 saturated heterocycles. The van der Waals surface area contributed by atoms with Crippen LogP contribution in [0.5, 0.6) is 0 Å². The topological polar surface area (TPSA) is 329 Å². The first-order chi connectivity index (χ1) is 35.1. The third-order valence-electron chi connectivity index (χ3n) is 10.7. The zero-order chi connectivity index (χ0) is 54.0. The van der Waals surface area contributed by atoms with Gasteiger partial charge in [0.1, 0.15) is 11.3 Å². The highest BCUT2D eigenvalue weighted by Crippen LogP contribution is 2.17. The van der Waals surface area contributed by atoms with Crippen LogP contribution in [0, 0.1) is 0 Å². The van der Waals surface area contributed by atoms with E-state index in [0.717, 1.165) is 12.1 Å². The Morgan fingerprint density at radius 2 is 1.05 bits per heavy atom. The van der Waals surface area contributed by atoms with Crippen LogP contribution in [-0.4, -0.2) is 137 Å². The summed E-state index contributed by atoms with van der Waals surface area (Å²) < 4.78 is 13.1. The molecule has 0 unspecified atom stereocenters. The summed E-state index contributed by atoms with van der Waals surface area (Å²) in [6, 6.07) is 3.28. The molecule has 27 heteroatoms. The van der Waals surface area contributed by atoms with E-state index in [0.29, 0.717) is 57.1 Å². The lowest BCUT2D eigenvalue weighted by Gasteiger charge is -2.19. The predicted molar refractivity (Wildman–Crippen MR) is 273 cm³/mol. The Kier molecular flexibility index (Phi) is 20.6. The zero-order valence-electron chi connectivity index (χ0n) is 43.1. The lowest BCUT2D eigenvalue weighted by Crippen LogP contribution is -2.34. The minimum Gasteiger partial charge on any atom is -0.444 e. The SMILES string of the molecule is Cn1cc(NC(=O)c2nc(NC(=O)CCNC(=O)c3cc(NC(=O)c4nccn4C)cn3C)cn2C)cc1CNCCC(=O)Nc1cn(C)c(C(=O)NCCC(=O)NCCCNCCCNC(=O)OC(C)(C)C)n1. The summed E-state index contributed by atoms with van der Waals surface area (Å²) >= 11 is 0. The first-order valence-electron chi connectivity index (χ1n) is 23.9. The number of carbonyl (C=O) groups is 8. The van der Waals surface area contributed by atoms with Gasteiger partial charge in [0.05, 0.1) is 11.4 Å². The van der Waals surface area contributed by atoms with Crippen molar-refractivity contribution >= 4 is 70.5 Å². The Morgan fingerprint density at radius 1 is 0.514 bits per heavy atom. The molecule has 74 heavy (non-hydrogen) atoms. The third kappa shape index (κ3) is 18.1. The number of carbonyl (C=O) groups excluding carboxylic acids is 8. The number of aromatic nitrogens is 8. The van der Waals surface area contributed by atoms with Crippen LogP contribution in [0.15, 0.2) is 49.3 Å². The summed E-state index contributed by atoms with van der Waals surface area (Å²) in [5.74, 6) is -2.21. The van der Waals surface area contributed by atoms with Crippen LogP contribution < -0.4 is 53.2 Å². The molecule has 0 aliphatic rings. The van der Waals surface area contributed by atoms with E-state index in [9.17, 15) is 38.4 Å². The monoisotopic (exact) mass is 1030 g/mol. The second kappa shape index (κ2) is 26.9. The van der Waals surface area contributed by atoms with Gasteiger partial charge < -0.3 is 80.7 Å². The summed E-state index contributed by atoms with van der Waals surface area (Å²) in [5, 5.41) is 28.2. The predicted octanol–water partition coefficient (Wildman–Crippen LogP) is 1.08. The number of nitrogens with zero attached hydrogens (tertiary/aromatic N) is 8. The van der Waals surface area contributed by atoms with E-state index >= 15 is 0 Å². The van der Waals surface area contributed by atoms with Gasteiger partial charge in [0.2, 0.25) is 29.4 Å². The second-order valence-corrected chi connectivity index (χ2v) is 18.2. The molecule has 8 amide bonds. The first-order valence-corrected chi connectivity index (χ1v) is 23.9. The molecule has 400 valence electrons. The molecule has 27 nitrogen and oxygen atoms in total. The molecule has 0 fully saturated rings. The van der Waals surface area contributed by atoms with Crippen LogP contribution in [0.1, 0.15) is 101 Å².